The summed E-state index contributed by atoms with van der Waals surface area (Å²) >= 11 is 0. The Balaban J connectivity index is 2.19. The molecule has 1 heterocycles. The van der Waals surface area contributed by atoms with Crippen molar-refractivity contribution in [3.63, 3.8) is 0 Å². The van der Waals surface area contributed by atoms with Crippen LogP contribution in [0.2, 0.25) is 0 Å². The lowest BCUT2D eigenvalue weighted by Gasteiger charge is -2.52. The number of rotatable bonds is 0. The van der Waals surface area contributed by atoms with Crippen LogP contribution in [0.5, 0.6) is 0 Å². The molecule has 3 atom stereocenters. The standard InChI is InChI=1S/C8H12O3/c1-5-6(9)7-8(5,2)11-4-3-10-7/h5,7H,3-4H2,1-2H3. The molecule has 62 valence electrons. The van der Waals surface area contributed by atoms with E-state index in [1.807, 2.05) is 13.8 Å². The maximum atomic E-state index is 11.2. The fourth-order valence-corrected chi connectivity index (χ4v) is 1.80. The van der Waals surface area contributed by atoms with Gasteiger partial charge >= 0.3 is 0 Å². The average Bonchev–Trinajstić information content (AvgIpc) is 2.04. The Kier molecular flexibility index (Phi) is 1.35. The number of hydrogen-bond donors (Lipinski definition) is 0. The predicted molar refractivity (Wildman–Crippen MR) is 38.3 cm³/mol. The molecule has 0 aromatic carbocycles. The second-order valence-corrected chi connectivity index (χ2v) is 3.41. The summed E-state index contributed by atoms with van der Waals surface area (Å²) in [6, 6.07) is 0. The van der Waals surface area contributed by atoms with E-state index < -0.39 is 0 Å². The third-order valence-electron chi connectivity index (χ3n) is 2.85. The van der Waals surface area contributed by atoms with Crippen molar-refractivity contribution in [2.45, 2.75) is 25.6 Å². The minimum atomic E-state index is -0.324. The van der Waals surface area contributed by atoms with Crippen LogP contribution < -0.4 is 0 Å². The number of ketones is 1. The summed E-state index contributed by atoms with van der Waals surface area (Å²) in [6.45, 7) is 5.01. The largest absolute Gasteiger partial charge is 0.369 e. The molecule has 1 aliphatic heterocycles. The number of ether oxygens (including phenoxy) is 2. The van der Waals surface area contributed by atoms with Gasteiger partial charge in [-0.25, -0.2) is 0 Å². The zero-order valence-corrected chi connectivity index (χ0v) is 6.79. The summed E-state index contributed by atoms with van der Waals surface area (Å²) in [7, 11) is 0. The first-order valence-corrected chi connectivity index (χ1v) is 3.95. The first kappa shape index (κ1) is 7.25. The lowest BCUT2D eigenvalue weighted by molar-refractivity contribution is -0.249. The number of hydrogen-bond acceptors (Lipinski definition) is 3. The van der Waals surface area contributed by atoms with Gasteiger partial charge in [-0.2, -0.15) is 0 Å². The summed E-state index contributed by atoms with van der Waals surface area (Å²) in [5.74, 6) is 0.194. The quantitative estimate of drug-likeness (QED) is 0.508. The molecule has 0 spiro atoms. The molecule has 1 saturated heterocycles. The Labute approximate surface area is 65.7 Å². The van der Waals surface area contributed by atoms with Crippen LogP contribution >= 0.6 is 0 Å². The molecule has 1 aliphatic carbocycles. The zero-order chi connectivity index (χ0) is 8.06. The van der Waals surface area contributed by atoms with E-state index >= 15 is 0 Å². The summed E-state index contributed by atoms with van der Waals surface area (Å²) in [5.41, 5.74) is -0.324. The Morgan fingerprint density at radius 2 is 2.27 bits per heavy atom. The third-order valence-corrected chi connectivity index (χ3v) is 2.85. The Bertz CT molecular complexity index is 202. The van der Waals surface area contributed by atoms with E-state index in [0.29, 0.717) is 13.2 Å². The molecule has 11 heavy (non-hydrogen) atoms. The van der Waals surface area contributed by atoms with Crippen molar-refractivity contribution in [1.82, 2.24) is 0 Å². The minimum absolute atomic E-state index is 0.00722. The van der Waals surface area contributed by atoms with Gasteiger partial charge in [0.25, 0.3) is 0 Å². The highest BCUT2D eigenvalue weighted by atomic mass is 16.6. The number of Topliss-reactive ketones (excluding diaryl/α,β-unsaturated/α-hetero) is 1. The van der Waals surface area contributed by atoms with Crippen molar-refractivity contribution in [2.24, 2.45) is 5.92 Å². The molecule has 0 aromatic heterocycles. The first-order valence-electron chi connectivity index (χ1n) is 3.95. The van der Waals surface area contributed by atoms with Gasteiger partial charge in [0.15, 0.2) is 5.78 Å². The van der Waals surface area contributed by atoms with E-state index in [0.717, 1.165) is 0 Å². The van der Waals surface area contributed by atoms with Crippen LogP contribution in [0.25, 0.3) is 0 Å². The molecule has 0 radical (unpaired) electrons. The van der Waals surface area contributed by atoms with Crippen molar-refractivity contribution >= 4 is 5.78 Å². The topological polar surface area (TPSA) is 35.5 Å². The van der Waals surface area contributed by atoms with Crippen molar-refractivity contribution in [3.8, 4) is 0 Å². The summed E-state index contributed by atoms with van der Waals surface area (Å²) in [4.78, 5) is 11.2. The summed E-state index contributed by atoms with van der Waals surface area (Å²) < 4.78 is 10.8. The van der Waals surface area contributed by atoms with E-state index in [1.54, 1.807) is 0 Å². The van der Waals surface area contributed by atoms with Gasteiger partial charge in [0.1, 0.15) is 11.7 Å². The van der Waals surface area contributed by atoms with Gasteiger partial charge in [0.05, 0.1) is 13.2 Å². The second-order valence-electron chi connectivity index (χ2n) is 3.41. The van der Waals surface area contributed by atoms with Gasteiger partial charge < -0.3 is 9.47 Å². The molecule has 3 heteroatoms. The average molecular weight is 156 g/mol. The van der Waals surface area contributed by atoms with Crippen LogP contribution in [0.4, 0.5) is 0 Å². The molecule has 2 fully saturated rings. The lowest BCUT2D eigenvalue weighted by atomic mass is 9.67. The first-order chi connectivity index (χ1) is 5.16. The van der Waals surface area contributed by atoms with Crippen LogP contribution in [0.1, 0.15) is 13.8 Å². The van der Waals surface area contributed by atoms with E-state index in [2.05, 4.69) is 0 Å². The molecule has 0 aromatic rings. The molecular formula is C8H12O3. The van der Waals surface area contributed by atoms with E-state index in [4.69, 9.17) is 9.47 Å². The summed E-state index contributed by atoms with van der Waals surface area (Å²) in [5, 5.41) is 0. The van der Waals surface area contributed by atoms with Gasteiger partial charge in [-0.05, 0) is 6.92 Å². The second kappa shape index (κ2) is 2.05. The van der Waals surface area contributed by atoms with Gasteiger partial charge in [0, 0.05) is 5.92 Å². The van der Waals surface area contributed by atoms with Crippen molar-refractivity contribution in [2.75, 3.05) is 13.2 Å². The normalized spacial score (nSPS) is 49.8. The Hall–Kier alpha value is -0.410. The fraction of sp³-hybridized carbons (Fsp3) is 0.875. The molecule has 0 N–H and O–H groups in total. The highest BCUT2D eigenvalue weighted by molar-refractivity contribution is 5.94. The minimum Gasteiger partial charge on any atom is -0.369 e. The van der Waals surface area contributed by atoms with Gasteiger partial charge in [-0.15, -0.1) is 0 Å². The van der Waals surface area contributed by atoms with Crippen LogP contribution in [0, 0.1) is 5.92 Å². The van der Waals surface area contributed by atoms with Crippen molar-refractivity contribution in [1.29, 1.82) is 0 Å². The molecule has 3 nitrogen and oxygen atoms in total. The number of carbonyl (C=O) groups is 1. The fourth-order valence-electron chi connectivity index (χ4n) is 1.80. The van der Waals surface area contributed by atoms with Crippen LogP contribution in [0.3, 0.4) is 0 Å². The van der Waals surface area contributed by atoms with Gasteiger partial charge in [-0.1, -0.05) is 6.92 Å². The van der Waals surface area contributed by atoms with Crippen molar-refractivity contribution < 1.29 is 14.3 Å². The molecule has 3 unspecified atom stereocenters. The van der Waals surface area contributed by atoms with E-state index in [-0.39, 0.29) is 23.4 Å². The predicted octanol–water partition coefficient (Wildman–Crippen LogP) is 0.379. The Morgan fingerprint density at radius 1 is 1.55 bits per heavy atom. The monoisotopic (exact) mass is 156 g/mol. The number of fused-ring (bicyclic) bond motifs is 1. The molecule has 0 bridgehead atoms. The Morgan fingerprint density at radius 3 is 2.91 bits per heavy atom. The smallest absolute Gasteiger partial charge is 0.170 e. The molecule has 2 rings (SSSR count). The van der Waals surface area contributed by atoms with Gasteiger partial charge in [0.2, 0.25) is 0 Å². The third kappa shape index (κ3) is 0.726. The van der Waals surface area contributed by atoms with Crippen LogP contribution in [0.15, 0.2) is 0 Å². The van der Waals surface area contributed by atoms with Crippen LogP contribution in [-0.2, 0) is 14.3 Å². The van der Waals surface area contributed by atoms with Crippen LogP contribution in [-0.4, -0.2) is 30.7 Å². The SMILES string of the molecule is CC1C(=O)C2OCCOC12C. The lowest BCUT2D eigenvalue weighted by Crippen LogP contribution is -2.69. The molecule has 0 amide bonds. The maximum absolute atomic E-state index is 11.2. The highest BCUT2D eigenvalue weighted by Gasteiger charge is 2.60. The molecular weight excluding hydrogens is 144 g/mol. The van der Waals surface area contributed by atoms with Gasteiger partial charge in [-0.3, -0.25) is 4.79 Å². The van der Waals surface area contributed by atoms with E-state index in [9.17, 15) is 4.79 Å². The maximum Gasteiger partial charge on any atom is 0.170 e. The molecule has 1 saturated carbocycles. The van der Waals surface area contributed by atoms with E-state index in [1.165, 1.54) is 0 Å². The summed E-state index contributed by atoms with van der Waals surface area (Å²) in [6.07, 6.45) is -0.286. The number of carbonyl (C=O) groups excluding carboxylic acids is 1. The molecule has 2 aliphatic rings. The highest BCUT2D eigenvalue weighted by Crippen LogP contribution is 2.42. The van der Waals surface area contributed by atoms with Crippen molar-refractivity contribution in [3.05, 3.63) is 0 Å². The zero-order valence-electron chi connectivity index (χ0n) is 6.79.